The van der Waals surface area contributed by atoms with Crippen LogP contribution in [0.2, 0.25) is 0 Å². The summed E-state index contributed by atoms with van der Waals surface area (Å²) in [4.78, 5) is 2.79. The molecule has 3 unspecified atom stereocenters. The van der Waals surface area contributed by atoms with Gasteiger partial charge in [0, 0.05) is 18.6 Å². The maximum Gasteiger partial charge on any atom is 0.0358 e. The average molecular weight is 279 g/mol. The zero-order valence-corrected chi connectivity index (χ0v) is 12.2. The fraction of sp³-hybridized carbons (Fsp3) is 0.625. The summed E-state index contributed by atoms with van der Waals surface area (Å²) in [6.07, 6.45) is 5.53. The predicted octanol–water partition coefficient (Wildman–Crippen LogP) is 3.30. The van der Waals surface area contributed by atoms with E-state index in [1.54, 1.807) is 11.1 Å². The van der Waals surface area contributed by atoms with Crippen LogP contribution >= 0.6 is 12.4 Å². The van der Waals surface area contributed by atoms with Gasteiger partial charge >= 0.3 is 0 Å². The number of hydrogen-bond donors (Lipinski definition) is 1. The average Bonchev–Trinajstić information content (AvgIpc) is 2.96. The van der Waals surface area contributed by atoms with Crippen LogP contribution in [-0.2, 0) is 0 Å². The van der Waals surface area contributed by atoms with E-state index in [1.807, 2.05) is 0 Å². The summed E-state index contributed by atoms with van der Waals surface area (Å²) < 4.78 is 0. The molecular weight excluding hydrogens is 256 g/mol. The highest BCUT2D eigenvalue weighted by molar-refractivity contribution is 5.85. The maximum atomic E-state index is 3.55. The second kappa shape index (κ2) is 5.43. The largest absolute Gasteiger partial charge is 0.316 e. The van der Waals surface area contributed by atoms with Crippen molar-refractivity contribution in [2.24, 2.45) is 5.92 Å². The Kier molecular flexibility index (Phi) is 3.84. The molecule has 19 heavy (non-hydrogen) atoms. The topological polar surface area (TPSA) is 15.3 Å². The molecule has 1 aromatic carbocycles. The Bertz CT molecular complexity index is 411. The normalized spacial score (nSPS) is 32.9. The summed E-state index contributed by atoms with van der Waals surface area (Å²) in [7, 11) is 0. The molecule has 3 atom stereocenters. The molecule has 3 heterocycles. The van der Waals surface area contributed by atoms with Crippen LogP contribution in [0.5, 0.6) is 0 Å². The third kappa shape index (κ3) is 2.20. The van der Waals surface area contributed by atoms with E-state index in [-0.39, 0.29) is 12.4 Å². The summed E-state index contributed by atoms with van der Waals surface area (Å²) >= 11 is 0. The fourth-order valence-corrected chi connectivity index (χ4v) is 4.28. The Morgan fingerprint density at radius 3 is 2.32 bits per heavy atom. The number of halogens is 1. The molecule has 3 heteroatoms. The lowest BCUT2D eigenvalue weighted by atomic mass is 9.92. The Balaban J connectivity index is 0.00000110. The number of nitrogens with zero attached hydrogens (tertiary/aromatic N) is 1. The number of rotatable bonds is 2. The SMILES string of the molecule is Cl.c1ccc2c(c1)C1CCC2N1CC1CCCNC1. The Hall–Kier alpha value is -0.570. The van der Waals surface area contributed by atoms with Gasteiger partial charge in [0.1, 0.15) is 0 Å². The molecule has 1 N–H and O–H groups in total. The van der Waals surface area contributed by atoms with Gasteiger partial charge in [-0.2, -0.15) is 0 Å². The van der Waals surface area contributed by atoms with Crippen LogP contribution in [0.25, 0.3) is 0 Å². The monoisotopic (exact) mass is 278 g/mol. The summed E-state index contributed by atoms with van der Waals surface area (Å²) in [5, 5.41) is 3.55. The Morgan fingerprint density at radius 1 is 1.05 bits per heavy atom. The molecule has 0 aromatic heterocycles. The first-order valence-corrected chi connectivity index (χ1v) is 7.49. The molecule has 0 spiro atoms. The van der Waals surface area contributed by atoms with Crippen LogP contribution in [0.15, 0.2) is 24.3 Å². The number of fused-ring (bicyclic) bond motifs is 5. The Labute approximate surface area is 122 Å². The van der Waals surface area contributed by atoms with Crippen molar-refractivity contribution in [1.82, 2.24) is 10.2 Å². The molecule has 2 saturated heterocycles. The lowest BCUT2D eigenvalue weighted by Gasteiger charge is -2.30. The second-order valence-electron chi connectivity index (χ2n) is 6.15. The van der Waals surface area contributed by atoms with Crippen molar-refractivity contribution in [2.45, 2.75) is 37.8 Å². The third-order valence-electron chi connectivity index (χ3n) is 5.10. The smallest absolute Gasteiger partial charge is 0.0358 e. The minimum atomic E-state index is 0. The highest BCUT2D eigenvalue weighted by Gasteiger charge is 2.43. The van der Waals surface area contributed by atoms with Gasteiger partial charge in [0.25, 0.3) is 0 Å². The Morgan fingerprint density at radius 2 is 1.74 bits per heavy atom. The van der Waals surface area contributed by atoms with E-state index < -0.39 is 0 Å². The molecule has 0 radical (unpaired) electrons. The van der Waals surface area contributed by atoms with Gasteiger partial charge in [-0.05, 0) is 55.8 Å². The van der Waals surface area contributed by atoms with Gasteiger partial charge < -0.3 is 5.32 Å². The second-order valence-corrected chi connectivity index (χ2v) is 6.15. The standard InChI is InChI=1S/C16H22N2.ClH/c1-2-6-14-13(5-1)15-7-8-16(14)18(15)11-12-4-3-9-17-10-12;/h1-2,5-6,12,15-17H,3-4,7-11H2;1H. The molecule has 2 bridgehead atoms. The summed E-state index contributed by atoms with van der Waals surface area (Å²) in [6, 6.07) is 10.6. The van der Waals surface area contributed by atoms with Gasteiger partial charge in [0.05, 0.1) is 0 Å². The van der Waals surface area contributed by atoms with E-state index >= 15 is 0 Å². The predicted molar refractivity (Wildman–Crippen MR) is 80.7 cm³/mol. The van der Waals surface area contributed by atoms with E-state index in [2.05, 4.69) is 34.5 Å². The number of nitrogens with one attached hydrogen (secondary N) is 1. The van der Waals surface area contributed by atoms with Crippen molar-refractivity contribution >= 4 is 12.4 Å². The number of piperidine rings is 1. The van der Waals surface area contributed by atoms with Crippen LogP contribution < -0.4 is 5.32 Å². The molecule has 2 fully saturated rings. The van der Waals surface area contributed by atoms with Gasteiger partial charge in [-0.25, -0.2) is 0 Å². The minimum Gasteiger partial charge on any atom is -0.316 e. The molecule has 1 aromatic rings. The lowest BCUT2D eigenvalue weighted by molar-refractivity contribution is 0.170. The summed E-state index contributed by atoms with van der Waals surface area (Å²) in [5.74, 6) is 0.871. The van der Waals surface area contributed by atoms with E-state index in [1.165, 1.54) is 45.3 Å². The maximum absolute atomic E-state index is 3.55. The van der Waals surface area contributed by atoms with Gasteiger partial charge in [-0.15, -0.1) is 12.4 Å². The summed E-state index contributed by atoms with van der Waals surface area (Å²) in [5.41, 5.74) is 3.25. The van der Waals surface area contributed by atoms with Crippen LogP contribution in [-0.4, -0.2) is 24.5 Å². The van der Waals surface area contributed by atoms with Crippen LogP contribution in [0.1, 0.15) is 48.9 Å². The van der Waals surface area contributed by atoms with Crippen LogP contribution in [0, 0.1) is 5.92 Å². The van der Waals surface area contributed by atoms with Gasteiger partial charge in [0.15, 0.2) is 0 Å². The molecule has 3 aliphatic heterocycles. The highest BCUT2D eigenvalue weighted by atomic mass is 35.5. The minimum absolute atomic E-state index is 0. The van der Waals surface area contributed by atoms with Crippen LogP contribution in [0.3, 0.4) is 0 Å². The van der Waals surface area contributed by atoms with Crippen molar-refractivity contribution in [3.8, 4) is 0 Å². The highest BCUT2D eigenvalue weighted by Crippen LogP contribution is 2.53. The van der Waals surface area contributed by atoms with Crippen molar-refractivity contribution in [3.63, 3.8) is 0 Å². The first-order valence-electron chi connectivity index (χ1n) is 7.49. The molecule has 2 nitrogen and oxygen atoms in total. The molecule has 3 aliphatic rings. The molecule has 104 valence electrons. The van der Waals surface area contributed by atoms with E-state index in [9.17, 15) is 0 Å². The lowest BCUT2D eigenvalue weighted by Crippen LogP contribution is -2.37. The van der Waals surface area contributed by atoms with Crippen LogP contribution in [0.4, 0.5) is 0 Å². The first-order chi connectivity index (χ1) is 8.93. The van der Waals surface area contributed by atoms with Gasteiger partial charge in [0.2, 0.25) is 0 Å². The zero-order valence-electron chi connectivity index (χ0n) is 11.3. The third-order valence-corrected chi connectivity index (χ3v) is 5.10. The first kappa shape index (κ1) is 13.4. The van der Waals surface area contributed by atoms with Crippen molar-refractivity contribution < 1.29 is 0 Å². The van der Waals surface area contributed by atoms with E-state index in [0.717, 1.165) is 18.0 Å². The van der Waals surface area contributed by atoms with Gasteiger partial charge in [-0.1, -0.05) is 24.3 Å². The number of benzene rings is 1. The fourth-order valence-electron chi connectivity index (χ4n) is 4.28. The molecule has 0 aliphatic carbocycles. The van der Waals surface area contributed by atoms with E-state index in [0.29, 0.717) is 0 Å². The summed E-state index contributed by atoms with van der Waals surface area (Å²) in [6.45, 7) is 3.76. The molecule has 0 amide bonds. The van der Waals surface area contributed by atoms with E-state index in [4.69, 9.17) is 0 Å². The molecular formula is C16H23ClN2. The molecule has 4 rings (SSSR count). The quantitative estimate of drug-likeness (QED) is 0.893. The zero-order chi connectivity index (χ0) is 11.9. The van der Waals surface area contributed by atoms with Crippen molar-refractivity contribution in [3.05, 3.63) is 35.4 Å². The molecule has 0 saturated carbocycles. The number of hydrogen-bond acceptors (Lipinski definition) is 2. The van der Waals surface area contributed by atoms with Crippen molar-refractivity contribution in [1.29, 1.82) is 0 Å². The van der Waals surface area contributed by atoms with Gasteiger partial charge in [-0.3, -0.25) is 4.90 Å². The van der Waals surface area contributed by atoms with Crippen molar-refractivity contribution in [2.75, 3.05) is 19.6 Å².